The predicted octanol–water partition coefficient (Wildman–Crippen LogP) is 3.04. The van der Waals surface area contributed by atoms with Crippen molar-refractivity contribution in [3.8, 4) is 0 Å². The molecule has 0 aliphatic rings. The van der Waals surface area contributed by atoms with E-state index in [9.17, 15) is 9.90 Å². The third-order valence-electron chi connectivity index (χ3n) is 2.94. The van der Waals surface area contributed by atoms with Crippen molar-refractivity contribution in [3.05, 3.63) is 47.5 Å². The largest absolute Gasteiger partial charge is 0.478 e. The third-order valence-corrected chi connectivity index (χ3v) is 2.94. The fourth-order valence-electron chi connectivity index (χ4n) is 2.03. The molecular formula is C15H17NO2. The van der Waals surface area contributed by atoms with E-state index in [-0.39, 0.29) is 0 Å². The van der Waals surface area contributed by atoms with Gasteiger partial charge in [0.2, 0.25) is 0 Å². The Hall–Kier alpha value is -1.87. The zero-order chi connectivity index (χ0) is 13.1. The summed E-state index contributed by atoms with van der Waals surface area (Å²) in [6.07, 6.45) is 0. The van der Waals surface area contributed by atoms with Gasteiger partial charge in [0.1, 0.15) is 0 Å². The maximum atomic E-state index is 11.2. The standard InChI is InChI=1S/C15H17NO2/c1-10(2)16-9-11-5-3-7-13-12(11)6-4-8-14(13)15(17)18/h3-8,10,16H,9H2,1-2H3,(H,17,18). The van der Waals surface area contributed by atoms with E-state index in [1.54, 1.807) is 12.1 Å². The maximum Gasteiger partial charge on any atom is 0.336 e. The molecule has 0 aliphatic heterocycles. The predicted molar refractivity (Wildman–Crippen MR) is 72.9 cm³/mol. The Morgan fingerprint density at radius 1 is 1.17 bits per heavy atom. The van der Waals surface area contributed by atoms with E-state index in [2.05, 4.69) is 19.2 Å². The highest BCUT2D eigenvalue weighted by Crippen LogP contribution is 2.22. The van der Waals surface area contributed by atoms with Gasteiger partial charge in [-0.15, -0.1) is 0 Å². The molecule has 3 nitrogen and oxygen atoms in total. The van der Waals surface area contributed by atoms with Gasteiger partial charge in [-0.05, 0) is 22.4 Å². The minimum absolute atomic E-state index is 0.360. The first-order valence-corrected chi connectivity index (χ1v) is 6.07. The SMILES string of the molecule is CC(C)NCc1cccc2c(C(=O)O)cccc12. The lowest BCUT2D eigenvalue weighted by Gasteiger charge is -2.11. The van der Waals surface area contributed by atoms with Gasteiger partial charge >= 0.3 is 5.97 Å². The summed E-state index contributed by atoms with van der Waals surface area (Å²) in [7, 11) is 0. The molecule has 0 fully saturated rings. The Morgan fingerprint density at radius 2 is 1.83 bits per heavy atom. The monoisotopic (exact) mass is 243 g/mol. The molecule has 2 aromatic carbocycles. The Balaban J connectivity index is 2.50. The molecule has 0 spiro atoms. The van der Waals surface area contributed by atoms with Crippen molar-refractivity contribution in [2.75, 3.05) is 0 Å². The first-order valence-electron chi connectivity index (χ1n) is 6.07. The molecule has 0 saturated heterocycles. The lowest BCUT2D eigenvalue weighted by molar-refractivity contribution is 0.0699. The van der Waals surface area contributed by atoms with Crippen LogP contribution in [0.15, 0.2) is 36.4 Å². The highest BCUT2D eigenvalue weighted by atomic mass is 16.4. The number of aromatic carboxylic acids is 1. The molecule has 0 aliphatic carbocycles. The van der Waals surface area contributed by atoms with Crippen LogP contribution in [0.4, 0.5) is 0 Å². The first kappa shape index (κ1) is 12.6. The van der Waals surface area contributed by atoms with Gasteiger partial charge in [0.15, 0.2) is 0 Å². The third kappa shape index (κ3) is 2.51. The Labute approximate surface area is 106 Å². The van der Waals surface area contributed by atoms with Crippen molar-refractivity contribution in [1.82, 2.24) is 5.32 Å². The molecule has 2 aromatic rings. The molecule has 0 atom stereocenters. The van der Waals surface area contributed by atoms with Crippen molar-refractivity contribution < 1.29 is 9.90 Å². The topological polar surface area (TPSA) is 49.3 Å². The average molecular weight is 243 g/mol. The molecule has 0 unspecified atom stereocenters. The number of benzene rings is 2. The van der Waals surface area contributed by atoms with Crippen LogP contribution in [0.1, 0.15) is 29.8 Å². The molecule has 0 amide bonds. The second kappa shape index (κ2) is 5.19. The molecule has 0 heterocycles. The number of carbonyl (C=O) groups is 1. The van der Waals surface area contributed by atoms with E-state index >= 15 is 0 Å². The number of fused-ring (bicyclic) bond motifs is 1. The van der Waals surface area contributed by atoms with Gasteiger partial charge in [-0.3, -0.25) is 0 Å². The van der Waals surface area contributed by atoms with E-state index in [1.165, 1.54) is 0 Å². The molecule has 0 bridgehead atoms. The number of carboxylic acid groups (broad SMARTS) is 1. The van der Waals surface area contributed by atoms with Gasteiger partial charge in [-0.2, -0.15) is 0 Å². The van der Waals surface area contributed by atoms with Crippen molar-refractivity contribution in [2.24, 2.45) is 0 Å². The van der Waals surface area contributed by atoms with Gasteiger partial charge < -0.3 is 10.4 Å². The molecule has 0 aromatic heterocycles. The second-order valence-electron chi connectivity index (χ2n) is 4.66. The summed E-state index contributed by atoms with van der Waals surface area (Å²) < 4.78 is 0. The zero-order valence-corrected chi connectivity index (χ0v) is 10.6. The fraction of sp³-hybridized carbons (Fsp3) is 0.267. The number of rotatable bonds is 4. The molecule has 0 saturated carbocycles. The molecule has 3 heteroatoms. The van der Waals surface area contributed by atoms with Crippen LogP contribution < -0.4 is 5.32 Å². The van der Waals surface area contributed by atoms with Gasteiger partial charge in [-0.1, -0.05) is 44.2 Å². The molecule has 2 rings (SSSR count). The van der Waals surface area contributed by atoms with Gasteiger partial charge in [0.05, 0.1) is 5.56 Å². The Morgan fingerprint density at radius 3 is 2.50 bits per heavy atom. The number of hydrogen-bond donors (Lipinski definition) is 2. The van der Waals surface area contributed by atoms with Crippen LogP contribution in [-0.2, 0) is 6.54 Å². The van der Waals surface area contributed by atoms with Gasteiger partial charge in [-0.25, -0.2) is 4.79 Å². The summed E-state index contributed by atoms with van der Waals surface area (Å²) in [4.78, 5) is 11.2. The van der Waals surface area contributed by atoms with E-state index in [4.69, 9.17) is 0 Å². The highest BCUT2D eigenvalue weighted by molar-refractivity contribution is 6.04. The minimum atomic E-state index is -0.880. The molecule has 0 radical (unpaired) electrons. The summed E-state index contributed by atoms with van der Waals surface area (Å²) in [5.74, 6) is -0.880. The number of carboxylic acids is 1. The average Bonchev–Trinajstić information content (AvgIpc) is 2.35. The fourth-order valence-corrected chi connectivity index (χ4v) is 2.03. The lowest BCUT2D eigenvalue weighted by atomic mass is 10.00. The summed E-state index contributed by atoms with van der Waals surface area (Å²) in [5, 5.41) is 14.3. The normalized spacial score (nSPS) is 11.1. The number of hydrogen-bond acceptors (Lipinski definition) is 2. The van der Waals surface area contributed by atoms with Crippen molar-refractivity contribution in [1.29, 1.82) is 0 Å². The van der Waals surface area contributed by atoms with E-state index in [0.717, 1.165) is 22.9 Å². The van der Waals surface area contributed by atoms with Crippen molar-refractivity contribution in [2.45, 2.75) is 26.4 Å². The van der Waals surface area contributed by atoms with Crippen LogP contribution in [0, 0.1) is 0 Å². The van der Waals surface area contributed by atoms with Crippen LogP contribution in [-0.4, -0.2) is 17.1 Å². The molecule has 2 N–H and O–H groups in total. The quantitative estimate of drug-likeness (QED) is 0.867. The van der Waals surface area contributed by atoms with Crippen LogP contribution >= 0.6 is 0 Å². The molecule has 18 heavy (non-hydrogen) atoms. The Bertz CT molecular complexity index is 576. The van der Waals surface area contributed by atoms with Crippen molar-refractivity contribution in [3.63, 3.8) is 0 Å². The van der Waals surface area contributed by atoms with Crippen LogP contribution in [0.25, 0.3) is 10.8 Å². The number of nitrogens with one attached hydrogen (secondary N) is 1. The Kier molecular flexibility index (Phi) is 3.63. The summed E-state index contributed by atoms with van der Waals surface area (Å²) in [6.45, 7) is 4.93. The lowest BCUT2D eigenvalue weighted by Crippen LogP contribution is -2.21. The minimum Gasteiger partial charge on any atom is -0.478 e. The smallest absolute Gasteiger partial charge is 0.336 e. The van der Waals surface area contributed by atoms with Crippen LogP contribution in [0.2, 0.25) is 0 Å². The van der Waals surface area contributed by atoms with Gasteiger partial charge in [0.25, 0.3) is 0 Å². The van der Waals surface area contributed by atoms with E-state index < -0.39 is 5.97 Å². The summed E-state index contributed by atoms with van der Waals surface area (Å²) in [5.41, 5.74) is 1.49. The van der Waals surface area contributed by atoms with E-state index in [1.807, 2.05) is 24.3 Å². The summed E-state index contributed by atoms with van der Waals surface area (Å²) >= 11 is 0. The molecule has 94 valence electrons. The second-order valence-corrected chi connectivity index (χ2v) is 4.66. The zero-order valence-electron chi connectivity index (χ0n) is 10.6. The highest BCUT2D eigenvalue weighted by Gasteiger charge is 2.09. The van der Waals surface area contributed by atoms with Crippen molar-refractivity contribution >= 4 is 16.7 Å². The maximum absolute atomic E-state index is 11.2. The summed E-state index contributed by atoms with van der Waals surface area (Å²) in [6, 6.07) is 11.6. The van der Waals surface area contributed by atoms with Crippen LogP contribution in [0.5, 0.6) is 0 Å². The van der Waals surface area contributed by atoms with Crippen LogP contribution in [0.3, 0.4) is 0 Å². The molecular weight excluding hydrogens is 226 g/mol. The first-order chi connectivity index (χ1) is 8.59. The van der Waals surface area contributed by atoms with Gasteiger partial charge in [0, 0.05) is 12.6 Å². The van der Waals surface area contributed by atoms with E-state index in [0.29, 0.717) is 11.6 Å².